The number of amides is 1. The molecule has 2 N–H and O–H groups in total. The standard InChI is InChI=1S/C15H25N3O3S2.ClH/c1-15(2,3)14(19)17-7-6-12-4-5-13(22-12)23(20,21)18-10-8-16-9-11-18;/h4-5,16H,6-11H2,1-3H3,(H,17,19);1H. The third kappa shape index (κ3) is 5.42. The highest BCUT2D eigenvalue weighted by molar-refractivity contribution is 7.91. The van der Waals surface area contributed by atoms with Crippen LogP contribution >= 0.6 is 23.7 Å². The minimum atomic E-state index is -3.38. The number of carbonyl (C=O) groups is 1. The van der Waals surface area contributed by atoms with Gasteiger partial charge in [-0.1, -0.05) is 20.8 Å². The van der Waals surface area contributed by atoms with Gasteiger partial charge in [0.05, 0.1) is 0 Å². The largest absolute Gasteiger partial charge is 0.355 e. The van der Waals surface area contributed by atoms with Gasteiger partial charge in [0, 0.05) is 43.0 Å². The molecule has 0 bridgehead atoms. The van der Waals surface area contributed by atoms with Crippen LogP contribution < -0.4 is 10.6 Å². The third-order valence-electron chi connectivity index (χ3n) is 3.65. The second-order valence-corrected chi connectivity index (χ2v) is 9.96. The van der Waals surface area contributed by atoms with E-state index < -0.39 is 15.4 Å². The van der Waals surface area contributed by atoms with Crippen molar-refractivity contribution < 1.29 is 13.2 Å². The van der Waals surface area contributed by atoms with Gasteiger partial charge < -0.3 is 10.6 Å². The molecule has 2 rings (SSSR count). The van der Waals surface area contributed by atoms with Crippen LogP contribution in [0.25, 0.3) is 0 Å². The molecule has 0 saturated carbocycles. The Morgan fingerprint density at radius 3 is 2.50 bits per heavy atom. The Bertz CT molecular complexity index is 647. The van der Waals surface area contributed by atoms with E-state index in [4.69, 9.17) is 0 Å². The molecule has 1 saturated heterocycles. The van der Waals surface area contributed by atoms with Gasteiger partial charge in [0.2, 0.25) is 5.91 Å². The monoisotopic (exact) mass is 395 g/mol. The molecule has 0 aliphatic carbocycles. The number of hydrogen-bond acceptors (Lipinski definition) is 5. The Morgan fingerprint density at radius 1 is 1.29 bits per heavy atom. The van der Waals surface area contributed by atoms with Crippen LogP contribution in [-0.2, 0) is 21.2 Å². The summed E-state index contributed by atoms with van der Waals surface area (Å²) in [5.41, 5.74) is -0.410. The minimum absolute atomic E-state index is 0. The molecule has 0 radical (unpaired) electrons. The van der Waals surface area contributed by atoms with Gasteiger partial charge in [-0.15, -0.1) is 23.7 Å². The van der Waals surface area contributed by atoms with Crippen molar-refractivity contribution in [3.8, 4) is 0 Å². The Hall–Kier alpha value is -0.670. The summed E-state index contributed by atoms with van der Waals surface area (Å²) in [5, 5.41) is 6.03. The molecule has 0 unspecified atom stereocenters. The maximum Gasteiger partial charge on any atom is 0.252 e. The van der Waals surface area contributed by atoms with Crippen molar-refractivity contribution in [1.29, 1.82) is 0 Å². The zero-order valence-electron chi connectivity index (χ0n) is 14.3. The average molecular weight is 396 g/mol. The predicted molar refractivity (Wildman–Crippen MR) is 99.4 cm³/mol. The van der Waals surface area contributed by atoms with Gasteiger partial charge in [0.1, 0.15) is 4.21 Å². The van der Waals surface area contributed by atoms with Crippen LogP contribution in [0.3, 0.4) is 0 Å². The van der Waals surface area contributed by atoms with Crippen LogP contribution in [0.15, 0.2) is 16.3 Å². The summed E-state index contributed by atoms with van der Waals surface area (Å²) in [4.78, 5) is 12.8. The maximum atomic E-state index is 12.6. The van der Waals surface area contributed by atoms with E-state index in [-0.39, 0.29) is 18.3 Å². The normalized spacial score (nSPS) is 16.5. The zero-order chi connectivity index (χ0) is 17.1. The summed E-state index contributed by atoms with van der Waals surface area (Å²) in [6.45, 7) is 8.52. The van der Waals surface area contributed by atoms with Crippen LogP contribution in [-0.4, -0.2) is 51.4 Å². The number of nitrogens with one attached hydrogen (secondary N) is 2. The predicted octanol–water partition coefficient (Wildman–Crippen LogP) is 1.47. The highest BCUT2D eigenvalue weighted by Gasteiger charge is 2.27. The smallest absolute Gasteiger partial charge is 0.252 e. The zero-order valence-corrected chi connectivity index (χ0v) is 16.7. The number of piperazine rings is 1. The van der Waals surface area contributed by atoms with Crippen LogP contribution in [0.2, 0.25) is 0 Å². The summed E-state index contributed by atoms with van der Waals surface area (Å²) in [5.74, 6) is 0.00252. The third-order valence-corrected chi connectivity index (χ3v) is 7.16. The number of carbonyl (C=O) groups excluding carboxylic acids is 1. The van der Waals surface area contributed by atoms with Crippen LogP contribution in [0, 0.1) is 5.41 Å². The van der Waals surface area contributed by atoms with Crippen molar-refractivity contribution in [1.82, 2.24) is 14.9 Å². The summed E-state index contributed by atoms with van der Waals surface area (Å²) in [6, 6.07) is 3.51. The fourth-order valence-electron chi connectivity index (χ4n) is 2.21. The molecule has 0 spiro atoms. The molecule has 1 aliphatic rings. The molecule has 6 nitrogen and oxygen atoms in total. The van der Waals surface area contributed by atoms with Gasteiger partial charge in [0.25, 0.3) is 10.0 Å². The van der Waals surface area contributed by atoms with Crippen molar-refractivity contribution in [2.45, 2.75) is 31.4 Å². The quantitative estimate of drug-likeness (QED) is 0.791. The number of rotatable bonds is 5. The molecule has 0 aromatic carbocycles. The maximum absolute atomic E-state index is 12.6. The molecule has 24 heavy (non-hydrogen) atoms. The molecule has 1 aromatic heterocycles. The van der Waals surface area contributed by atoms with E-state index in [1.54, 1.807) is 6.07 Å². The Labute approximate surface area is 154 Å². The molecule has 1 fully saturated rings. The fraction of sp³-hybridized carbons (Fsp3) is 0.667. The first kappa shape index (κ1) is 21.4. The van der Waals surface area contributed by atoms with E-state index in [0.717, 1.165) is 4.88 Å². The van der Waals surface area contributed by atoms with Crippen molar-refractivity contribution in [2.24, 2.45) is 5.41 Å². The lowest BCUT2D eigenvalue weighted by atomic mass is 9.96. The van der Waals surface area contributed by atoms with Crippen molar-refractivity contribution in [3.05, 3.63) is 17.0 Å². The number of hydrogen-bond donors (Lipinski definition) is 2. The lowest BCUT2D eigenvalue weighted by Crippen LogP contribution is -2.46. The number of halogens is 1. The topological polar surface area (TPSA) is 78.5 Å². The van der Waals surface area contributed by atoms with Gasteiger partial charge in [-0.3, -0.25) is 4.79 Å². The fourth-order valence-corrected chi connectivity index (χ4v) is 5.16. The number of nitrogens with zero attached hydrogens (tertiary/aromatic N) is 1. The number of sulfonamides is 1. The van der Waals surface area contributed by atoms with Gasteiger partial charge in [-0.2, -0.15) is 4.31 Å². The van der Waals surface area contributed by atoms with Crippen molar-refractivity contribution in [2.75, 3.05) is 32.7 Å². The Balaban J connectivity index is 0.00000288. The first-order valence-electron chi connectivity index (χ1n) is 7.79. The van der Waals surface area contributed by atoms with Crippen molar-refractivity contribution in [3.63, 3.8) is 0 Å². The van der Waals surface area contributed by atoms with Crippen molar-refractivity contribution >= 4 is 39.7 Å². The van der Waals surface area contributed by atoms with Gasteiger partial charge >= 0.3 is 0 Å². The van der Waals surface area contributed by atoms with E-state index in [1.165, 1.54) is 15.6 Å². The van der Waals surface area contributed by atoms with E-state index in [9.17, 15) is 13.2 Å². The molecule has 1 amide bonds. The first-order chi connectivity index (χ1) is 10.7. The number of thiophene rings is 1. The lowest BCUT2D eigenvalue weighted by molar-refractivity contribution is -0.128. The second kappa shape index (κ2) is 8.62. The molecule has 0 atom stereocenters. The summed E-state index contributed by atoms with van der Waals surface area (Å²) >= 11 is 1.29. The SMILES string of the molecule is CC(C)(C)C(=O)NCCc1ccc(S(=O)(=O)N2CCNCC2)s1.Cl. The van der Waals surface area contributed by atoms with Gasteiger partial charge in [-0.25, -0.2) is 8.42 Å². The molecule has 1 aliphatic heterocycles. The van der Waals surface area contributed by atoms with E-state index in [1.807, 2.05) is 26.8 Å². The molecule has 138 valence electrons. The summed E-state index contributed by atoms with van der Waals surface area (Å²) < 4.78 is 27.0. The molecule has 2 heterocycles. The minimum Gasteiger partial charge on any atom is -0.355 e. The second-order valence-electron chi connectivity index (χ2n) is 6.63. The van der Waals surface area contributed by atoms with Crippen LogP contribution in [0.4, 0.5) is 0 Å². The summed E-state index contributed by atoms with van der Waals surface area (Å²) in [6.07, 6.45) is 0.642. The van der Waals surface area contributed by atoms with Crippen LogP contribution in [0.1, 0.15) is 25.6 Å². The van der Waals surface area contributed by atoms with Gasteiger partial charge in [-0.05, 0) is 18.6 Å². The van der Waals surface area contributed by atoms with E-state index in [0.29, 0.717) is 43.4 Å². The molecule has 1 aromatic rings. The Morgan fingerprint density at radius 2 is 1.92 bits per heavy atom. The first-order valence-corrected chi connectivity index (χ1v) is 10.0. The summed E-state index contributed by atoms with van der Waals surface area (Å²) in [7, 11) is -3.38. The van der Waals surface area contributed by atoms with Crippen LogP contribution in [0.5, 0.6) is 0 Å². The van der Waals surface area contributed by atoms with Gasteiger partial charge in [0.15, 0.2) is 0 Å². The van der Waals surface area contributed by atoms with E-state index in [2.05, 4.69) is 10.6 Å². The highest BCUT2D eigenvalue weighted by Crippen LogP contribution is 2.25. The Kier molecular flexibility index (Phi) is 7.68. The lowest BCUT2D eigenvalue weighted by Gasteiger charge is -2.25. The highest BCUT2D eigenvalue weighted by atomic mass is 35.5. The molecule has 9 heteroatoms. The average Bonchev–Trinajstić information content (AvgIpc) is 2.96. The molecular weight excluding hydrogens is 370 g/mol. The molecular formula is C15H26ClN3O3S2. The van der Waals surface area contributed by atoms with E-state index >= 15 is 0 Å².